The highest BCUT2D eigenvalue weighted by Crippen LogP contribution is 2.32. The molecule has 21 heavy (non-hydrogen) atoms. The maximum Gasteiger partial charge on any atom is 0.337 e. The fourth-order valence-corrected chi connectivity index (χ4v) is 2.92. The van der Waals surface area contributed by atoms with Crippen molar-refractivity contribution in [2.75, 3.05) is 12.4 Å². The number of methoxy groups -OCH3 is 1. The van der Waals surface area contributed by atoms with Crippen LogP contribution in [0.2, 0.25) is 5.02 Å². The number of aromatic carboxylic acids is 1. The van der Waals surface area contributed by atoms with Crippen molar-refractivity contribution in [3.05, 3.63) is 28.8 Å². The van der Waals surface area contributed by atoms with E-state index in [-0.39, 0.29) is 16.5 Å². The number of carboxylic acid groups (broad SMARTS) is 1. The van der Waals surface area contributed by atoms with Gasteiger partial charge in [0.15, 0.2) is 0 Å². The summed E-state index contributed by atoms with van der Waals surface area (Å²) in [6.45, 7) is 0. The molecule has 1 aromatic rings. The van der Waals surface area contributed by atoms with E-state index in [2.05, 4.69) is 5.32 Å². The summed E-state index contributed by atoms with van der Waals surface area (Å²) in [5.74, 6) is -1.30. The summed E-state index contributed by atoms with van der Waals surface area (Å²) in [5, 5.41) is 11.8. The van der Waals surface area contributed by atoms with E-state index in [0.29, 0.717) is 18.5 Å². The molecule has 1 saturated carbocycles. The average molecular weight is 312 g/mol. The molecule has 1 aromatic carbocycles. The molecule has 1 amide bonds. The van der Waals surface area contributed by atoms with Gasteiger partial charge >= 0.3 is 5.97 Å². The van der Waals surface area contributed by atoms with Crippen LogP contribution in [0.25, 0.3) is 0 Å². The number of rotatable bonds is 4. The third-order valence-corrected chi connectivity index (χ3v) is 4.24. The number of halogens is 1. The third-order valence-electron chi connectivity index (χ3n) is 3.92. The lowest BCUT2D eigenvalue weighted by atomic mass is 9.84. The molecule has 0 heterocycles. The number of carboxylic acids is 1. The average Bonchev–Trinajstić information content (AvgIpc) is 2.47. The van der Waals surface area contributed by atoms with E-state index in [9.17, 15) is 9.59 Å². The number of amides is 1. The number of hydrogen-bond donors (Lipinski definition) is 2. The molecule has 1 fully saturated rings. The molecule has 114 valence electrons. The van der Waals surface area contributed by atoms with Crippen LogP contribution >= 0.6 is 11.6 Å². The van der Waals surface area contributed by atoms with Crippen LogP contribution < -0.4 is 5.32 Å². The molecule has 0 bridgehead atoms. The van der Waals surface area contributed by atoms with Crippen molar-refractivity contribution in [3.63, 3.8) is 0 Å². The monoisotopic (exact) mass is 311 g/mol. The molecule has 0 atom stereocenters. The van der Waals surface area contributed by atoms with E-state index in [4.69, 9.17) is 21.4 Å². The SMILES string of the molecule is COC1(C(=O)Nc2ccc(C(=O)O)c(Cl)c2)CCCCC1. The Hall–Kier alpha value is -1.59. The second-order valence-electron chi connectivity index (χ2n) is 5.21. The number of carbonyl (C=O) groups is 2. The van der Waals surface area contributed by atoms with Crippen molar-refractivity contribution >= 4 is 29.2 Å². The standard InChI is InChI=1S/C15H18ClNO4/c1-21-15(7-3-2-4-8-15)14(20)17-10-5-6-11(13(18)19)12(16)9-10/h5-6,9H,2-4,7-8H2,1H3,(H,17,20)(H,18,19). The molecule has 0 radical (unpaired) electrons. The lowest BCUT2D eigenvalue weighted by molar-refractivity contribution is -0.141. The summed E-state index contributed by atoms with van der Waals surface area (Å²) in [6.07, 6.45) is 4.41. The van der Waals surface area contributed by atoms with Crippen LogP contribution in [0.5, 0.6) is 0 Å². The van der Waals surface area contributed by atoms with Crippen molar-refractivity contribution in [2.45, 2.75) is 37.7 Å². The number of anilines is 1. The Labute approximate surface area is 128 Å². The summed E-state index contributed by atoms with van der Waals surface area (Å²) >= 11 is 5.90. The third kappa shape index (κ3) is 3.36. The zero-order valence-electron chi connectivity index (χ0n) is 11.8. The number of hydrogen-bond acceptors (Lipinski definition) is 3. The molecular formula is C15H18ClNO4. The fraction of sp³-hybridized carbons (Fsp3) is 0.467. The molecule has 5 nitrogen and oxygen atoms in total. The van der Waals surface area contributed by atoms with Gasteiger partial charge in [-0.05, 0) is 31.0 Å². The summed E-state index contributed by atoms with van der Waals surface area (Å²) in [5.41, 5.74) is -0.318. The van der Waals surface area contributed by atoms with Crippen LogP contribution in [0.4, 0.5) is 5.69 Å². The zero-order valence-corrected chi connectivity index (χ0v) is 12.6. The smallest absolute Gasteiger partial charge is 0.337 e. The first-order valence-corrected chi connectivity index (χ1v) is 7.26. The van der Waals surface area contributed by atoms with Gasteiger partial charge in [-0.1, -0.05) is 30.9 Å². The number of carbonyl (C=O) groups excluding carboxylic acids is 1. The predicted octanol–water partition coefficient (Wildman–Crippen LogP) is 3.33. The maximum atomic E-state index is 12.5. The number of benzene rings is 1. The number of ether oxygens (including phenoxy) is 1. The van der Waals surface area contributed by atoms with Gasteiger partial charge in [0.2, 0.25) is 0 Å². The molecule has 2 rings (SSSR count). The highest BCUT2D eigenvalue weighted by Gasteiger charge is 2.39. The Balaban J connectivity index is 2.15. The number of nitrogens with one attached hydrogen (secondary N) is 1. The minimum atomic E-state index is -1.10. The second-order valence-corrected chi connectivity index (χ2v) is 5.62. The van der Waals surface area contributed by atoms with Crippen LogP contribution in [0.1, 0.15) is 42.5 Å². The maximum absolute atomic E-state index is 12.5. The van der Waals surface area contributed by atoms with Crippen LogP contribution in [-0.2, 0) is 9.53 Å². The first-order chi connectivity index (χ1) is 9.98. The van der Waals surface area contributed by atoms with Crippen molar-refractivity contribution < 1.29 is 19.4 Å². The lowest BCUT2D eigenvalue weighted by Gasteiger charge is -2.34. The van der Waals surface area contributed by atoms with Crippen LogP contribution in [-0.4, -0.2) is 29.7 Å². The first-order valence-electron chi connectivity index (χ1n) is 6.88. The zero-order chi connectivity index (χ0) is 15.5. The second kappa shape index (κ2) is 6.45. The Kier molecular flexibility index (Phi) is 4.85. The van der Waals surface area contributed by atoms with Crippen molar-refractivity contribution in [1.29, 1.82) is 0 Å². The van der Waals surface area contributed by atoms with Crippen LogP contribution in [0.3, 0.4) is 0 Å². The van der Waals surface area contributed by atoms with E-state index in [1.165, 1.54) is 18.2 Å². The largest absolute Gasteiger partial charge is 0.478 e. The van der Waals surface area contributed by atoms with E-state index >= 15 is 0 Å². The Bertz CT molecular complexity index is 553. The molecule has 0 aromatic heterocycles. The van der Waals surface area contributed by atoms with Gasteiger partial charge < -0.3 is 15.2 Å². The van der Waals surface area contributed by atoms with Crippen molar-refractivity contribution in [2.24, 2.45) is 0 Å². The van der Waals surface area contributed by atoms with E-state index in [1.54, 1.807) is 7.11 Å². The van der Waals surface area contributed by atoms with Crippen LogP contribution in [0.15, 0.2) is 18.2 Å². The summed E-state index contributed by atoms with van der Waals surface area (Å²) in [6, 6.07) is 4.34. The molecule has 1 aliphatic carbocycles. The molecule has 1 aliphatic rings. The summed E-state index contributed by atoms with van der Waals surface area (Å²) in [7, 11) is 1.55. The molecule has 2 N–H and O–H groups in total. The van der Waals surface area contributed by atoms with Gasteiger partial charge in [-0.15, -0.1) is 0 Å². The van der Waals surface area contributed by atoms with Crippen LogP contribution in [0, 0.1) is 0 Å². The summed E-state index contributed by atoms with van der Waals surface area (Å²) < 4.78 is 5.47. The summed E-state index contributed by atoms with van der Waals surface area (Å²) in [4.78, 5) is 23.4. The highest BCUT2D eigenvalue weighted by molar-refractivity contribution is 6.33. The molecule has 0 spiro atoms. The molecule has 0 unspecified atom stereocenters. The lowest BCUT2D eigenvalue weighted by Crippen LogP contribution is -2.46. The van der Waals surface area contributed by atoms with Crippen molar-refractivity contribution in [3.8, 4) is 0 Å². The molecule has 6 heteroatoms. The van der Waals surface area contributed by atoms with Gasteiger partial charge in [0, 0.05) is 12.8 Å². The van der Waals surface area contributed by atoms with Gasteiger partial charge in [0.05, 0.1) is 10.6 Å². The fourth-order valence-electron chi connectivity index (χ4n) is 2.66. The van der Waals surface area contributed by atoms with Gasteiger partial charge in [0.1, 0.15) is 5.60 Å². The minimum absolute atomic E-state index is 0.00814. The van der Waals surface area contributed by atoms with Crippen molar-refractivity contribution in [1.82, 2.24) is 0 Å². The Morgan fingerprint density at radius 2 is 1.95 bits per heavy atom. The van der Waals surface area contributed by atoms with E-state index < -0.39 is 11.6 Å². The first kappa shape index (κ1) is 15.8. The van der Waals surface area contributed by atoms with Gasteiger partial charge in [-0.25, -0.2) is 4.79 Å². The van der Waals surface area contributed by atoms with E-state index in [1.807, 2.05) is 0 Å². The normalized spacial score (nSPS) is 17.2. The molecule has 0 saturated heterocycles. The van der Waals surface area contributed by atoms with Gasteiger partial charge in [-0.2, -0.15) is 0 Å². The minimum Gasteiger partial charge on any atom is -0.478 e. The quantitative estimate of drug-likeness (QED) is 0.894. The van der Waals surface area contributed by atoms with Gasteiger partial charge in [0.25, 0.3) is 5.91 Å². The topological polar surface area (TPSA) is 75.6 Å². The predicted molar refractivity (Wildman–Crippen MR) is 79.9 cm³/mol. The Morgan fingerprint density at radius 1 is 1.29 bits per heavy atom. The molecule has 0 aliphatic heterocycles. The highest BCUT2D eigenvalue weighted by atomic mass is 35.5. The Morgan fingerprint density at radius 3 is 2.48 bits per heavy atom. The van der Waals surface area contributed by atoms with Gasteiger partial charge in [-0.3, -0.25) is 4.79 Å². The molecular weight excluding hydrogens is 294 g/mol. The van der Waals surface area contributed by atoms with E-state index in [0.717, 1.165) is 19.3 Å².